The molecule has 1 rings (SSSR count). The number of hydrogen-bond acceptors (Lipinski definition) is 3. The molecule has 0 unspecified atom stereocenters. The predicted octanol–water partition coefficient (Wildman–Crippen LogP) is 4.38. The van der Waals surface area contributed by atoms with E-state index in [-0.39, 0.29) is 17.6 Å². The number of amides is 2. The Morgan fingerprint density at radius 2 is 1.85 bits per heavy atom. The molecule has 0 radical (unpaired) electrons. The average Bonchev–Trinajstić information content (AvgIpc) is 2.66. The maximum absolute atomic E-state index is 12.0. The van der Waals surface area contributed by atoms with Crippen molar-refractivity contribution in [1.82, 2.24) is 5.32 Å². The second kappa shape index (κ2) is 13.0. The van der Waals surface area contributed by atoms with Crippen molar-refractivity contribution in [2.24, 2.45) is 0 Å². The van der Waals surface area contributed by atoms with Crippen molar-refractivity contribution < 1.29 is 9.59 Å². The summed E-state index contributed by atoms with van der Waals surface area (Å²) in [5, 5.41) is 5.67. The van der Waals surface area contributed by atoms with E-state index >= 15 is 0 Å². The Morgan fingerprint density at radius 3 is 2.46 bits per heavy atom. The molecule has 26 heavy (non-hydrogen) atoms. The van der Waals surface area contributed by atoms with Crippen molar-refractivity contribution in [3.63, 3.8) is 0 Å². The standard InChI is InChI=1S/C21H28N2O2S/c1-3-5-9-17(4-2)18-11-13-19(14-12-18)23-20(24)10-7-6-8-15-22-21(25)16-26/h3-5,9,11-14,26H,2,6-8,10,15-16H2,1H3,(H,22,25)(H,23,24)/b5-3-,17-9+. The zero-order valence-corrected chi connectivity index (χ0v) is 16.2. The van der Waals surface area contributed by atoms with Crippen LogP contribution in [0.2, 0.25) is 0 Å². The third-order valence-electron chi connectivity index (χ3n) is 3.74. The zero-order valence-electron chi connectivity index (χ0n) is 15.3. The van der Waals surface area contributed by atoms with E-state index in [2.05, 4.69) is 29.8 Å². The summed E-state index contributed by atoms with van der Waals surface area (Å²) in [6.07, 6.45) is 10.8. The Hall–Kier alpha value is -2.27. The minimum atomic E-state index is -0.0605. The second-order valence-corrected chi connectivity index (χ2v) is 6.11. The quantitative estimate of drug-likeness (QED) is 0.307. The van der Waals surface area contributed by atoms with Gasteiger partial charge in [0.1, 0.15) is 0 Å². The van der Waals surface area contributed by atoms with Gasteiger partial charge >= 0.3 is 0 Å². The van der Waals surface area contributed by atoms with Crippen molar-refractivity contribution in [3.8, 4) is 0 Å². The molecule has 0 aliphatic rings. The fourth-order valence-corrected chi connectivity index (χ4v) is 2.43. The van der Waals surface area contributed by atoms with E-state index < -0.39 is 0 Å². The molecule has 0 aliphatic carbocycles. The molecule has 5 heteroatoms. The van der Waals surface area contributed by atoms with Crippen LogP contribution in [0, 0.1) is 0 Å². The van der Waals surface area contributed by atoms with Crippen LogP contribution in [-0.4, -0.2) is 24.1 Å². The first-order valence-corrected chi connectivity index (χ1v) is 9.47. The van der Waals surface area contributed by atoms with Crippen LogP contribution in [0.3, 0.4) is 0 Å². The van der Waals surface area contributed by atoms with Gasteiger partial charge in [0, 0.05) is 18.7 Å². The smallest absolute Gasteiger partial charge is 0.229 e. The highest BCUT2D eigenvalue weighted by Crippen LogP contribution is 2.19. The Morgan fingerprint density at radius 1 is 1.12 bits per heavy atom. The first-order valence-electron chi connectivity index (χ1n) is 8.84. The minimum Gasteiger partial charge on any atom is -0.355 e. The SMILES string of the molecule is C=C/C(=C\C=C/C)c1ccc(NC(=O)CCCCCNC(=O)CS)cc1. The Balaban J connectivity index is 2.36. The lowest BCUT2D eigenvalue weighted by molar-refractivity contribution is -0.118. The van der Waals surface area contributed by atoms with E-state index in [0.717, 1.165) is 36.1 Å². The molecule has 4 nitrogen and oxygen atoms in total. The van der Waals surface area contributed by atoms with Crippen LogP contribution in [0.25, 0.3) is 5.57 Å². The molecule has 0 aromatic heterocycles. The molecule has 0 heterocycles. The minimum absolute atomic E-state index is 0.00514. The van der Waals surface area contributed by atoms with Gasteiger partial charge in [-0.2, -0.15) is 12.6 Å². The van der Waals surface area contributed by atoms with Crippen LogP contribution in [0.1, 0.15) is 38.2 Å². The van der Waals surface area contributed by atoms with Gasteiger partial charge in [-0.25, -0.2) is 0 Å². The first kappa shape index (κ1) is 21.8. The zero-order chi connectivity index (χ0) is 19.2. The third kappa shape index (κ3) is 8.72. The van der Waals surface area contributed by atoms with Gasteiger partial charge in [0.05, 0.1) is 5.75 Å². The fourth-order valence-electron chi connectivity index (χ4n) is 2.32. The molecule has 140 valence electrons. The molecule has 0 aliphatic heterocycles. The molecule has 0 bridgehead atoms. The molecular weight excluding hydrogens is 344 g/mol. The van der Waals surface area contributed by atoms with Crippen LogP contribution in [0.15, 0.2) is 55.1 Å². The van der Waals surface area contributed by atoms with Crippen molar-refractivity contribution in [3.05, 3.63) is 60.7 Å². The first-order chi connectivity index (χ1) is 12.6. The predicted molar refractivity (Wildman–Crippen MR) is 113 cm³/mol. The summed E-state index contributed by atoms with van der Waals surface area (Å²) in [6.45, 7) is 6.43. The molecule has 0 saturated heterocycles. The monoisotopic (exact) mass is 372 g/mol. The number of rotatable bonds is 11. The lowest BCUT2D eigenvalue weighted by atomic mass is 10.0. The maximum Gasteiger partial charge on any atom is 0.229 e. The number of thiol groups is 1. The Labute approximate surface area is 161 Å². The van der Waals surface area contributed by atoms with Gasteiger partial charge < -0.3 is 10.6 Å². The average molecular weight is 373 g/mol. The largest absolute Gasteiger partial charge is 0.355 e. The molecular formula is C21H28N2O2S. The summed E-state index contributed by atoms with van der Waals surface area (Å²) in [6, 6.07) is 7.73. The van der Waals surface area contributed by atoms with Crippen LogP contribution in [0.5, 0.6) is 0 Å². The summed E-state index contributed by atoms with van der Waals surface area (Å²) in [7, 11) is 0. The number of benzene rings is 1. The summed E-state index contributed by atoms with van der Waals surface area (Å²) in [5.74, 6) is 0.154. The van der Waals surface area contributed by atoms with Gasteiger partial charge in [-0.05, 0) is 43.0 Å². The summed E-state index contributed by atoms with van der Waals surface area (Å²) < 4.78 is 0. The summed E-state index contributed by atoms with van der Waals surface area (Å²) >= 11 is 3.90. The van der Waals surface area contributed by atoms with Crippen LogP contribution < -0.4 is 10.6 Å². The van der Waals surface area contributed by atoms with Gasteiger partial charge in [0.2, 0.25) is 11.8 Å². The van der Waals surface area contributed by atoms with Gasteiger partial charge in [-0.3, -0.25) is 9.59 Å². The van der Waals surface area contributed by atoms with Crippen LogP contribution in [-0.2, 0) is 9.59 Å². The molecule has 1 aromatic rings. The Bertz CT molecular complexity index is 648. The number of allylic oxidation sites excluding steroid dienone is 5. The number of unbranched alkanes of at least 4 members (excludes halogenated alkanes) is 2. The van der Waals surface area contributed by atoms with Gasteiger partial charge in [-0.1, -0.05) is 49.4 Å². The molecule has 0 saturated carbocycles. The fraction of sp³-hybridized carbons (Fsp3) is 0.333. The molecule has 1 aromatic carbocycles. The van der Waals surface area contributed by atoms with Crippen molar-refractivity contribution in [1.29, 1.82) is 0 Å². The van der Waals surface area contributed by atoms with E-state index in [0.29, 0.717) is 13.0 Å². The summed E-state index contributed by atoms with van der Waals surface area (Å²) in [4.78, 5) is 23.0. The van der Waals surface area contributed by atoms with Crippen molar-refractivity contribution in [2.75, 3.05) is 17.6 Å². The van der Waals surface area contributed by atoms with Crippen LogP contribution >= 0.6 is 12.6 Å². The number of carbonyl (C=O) groups is 2. The van der Waals surface area contributed by atoms with Crippen molar-refractivity contribution in [2.45, 2.75) is 32.6 Å². The number of hydrogen-bond donors (Lipinski definition) is 3. The summed E-state index contributed by atoms with van der Waals surface area (Å²) in [5.41, 5.74) is 2.87. The normalized spacial score (nSPS) is 11.4. The van der Waals surface area contributed by atoms with Crippen LogP contribution in [0.4, 0.5) is 5.69 Å². The molecule has 0 spiro atoms. The highest BCUT2D eigenvalue weighted by molar-refractivity contribution is 7.81. The highest BCUT2D eigenvalue weighted by atomic mass is 32.1. The van der Waals surface area contributed by atoms with Gasteiger partial charge in [0.25, 0.3) is 0 Å². The molecule has 2 amide bonds. The van der Waals surface area contributed by atoms with E-state index in [1.54, 1.807) is 0 Å². The molecule has 2 N–H and O–H groups in total. The second-order valence-electron chi connectivity index (χ2n) is 5.80. The number of nitrogens with one attached hydrogen (secondary N) is 2. The van der Waals surface area contributed by atoms with E-state index in [4.69, 9.17) is 0 Å². The molecule has 0 atom stereocenters. The number of carbonyl (C=O) groups excluding carboxylic acids is 2. The van der Waals surface area contributed by atoms with E-state index in [9.17, 15) is 9.59 Å². The number of anilines is 1. The lowest BCUT2D eigenvalue weighted by Crippen LogP contribution is -2.25. The van der Waals surface area contributed by atoms with E-state index in [1.807, 2.05) is 55.5 Å². The van der Waals surface area contributed by atoms with E-state index in [1.165, 1.54) is 0 Å². The third-order valence-corrected chi connectivity index (χ3v) is 4.02. The van der Waals surface area contributed by atoms with Gasteiger partial charge in [0.15, 0.2) is 0 Å². The molecule has 0 fully saturated rings. The topological polar surface area (TPSA) is 58.2 Å². The van der Waals surface area contributed by atoms with Crippen molar-refractivity contribution >= 4 is 35.7 Å². The Kier molecular flexibility index (Phi) is 10.9. The maximum atomic E-state index is 12.0. The lowest BCUT2D eigenvalue weighted by Gasteiger charge is -2.07. The van der Waals surface area contributed by atoms with Gasteiger partial charge in [-0.15, -0.1) is 0 Å². The highest BCUT2D eigenvalue weighted by Gasteiger charge is 2.04.